The lowest BCUT2D eigenvalue weighted by Gasteiger charge is -2.31. The van der Waals surface area contributed by atoms with E-state index in [4.69, 9.17) is 11.6 Å². The molecule has 0 amide bonds. The Balaban J connectivity index is 2.16. The second-order valence-electron chi connectivity index (χ2n) is 5.91. The second-order valence-corrected chi connectivity index (χ2v) is 8.81. The van der Waals surface area contributed by atoms with Gasteiger partial charge in [0.05, 0.1) is 26.2 Å². The summed E-state index contributed by atoms with van der Waals surface area (Å²) >= 11 is 10.4. The van der Waals surface area contributed by atoms with Crippen molar-refractivity contribution in [2.24, 2.45) is 5.10 Å². The summed E-state index contributed by atoms with van der Waals surface area (Å²) in [5.41, 5.74) is -6.38. The molecule has 1 aliphatic heterocycles. The SMILES string of the molecule is OC(C1=NN(c2ccccc2Cl)C(c2ccc(Br)s2)C1)(C(F)(F)F)C(F)(F)F. The van der Waals surface area contributed by atoms with Crippen LogP contribution in [0.4, 0.5) is 32.0 Å². The molecule has 0 spiro atoms. The van der Waals surface area contributed by atoms with E-state index in [1.165, 1.54) is 18.2 Å². The van der Waals surface area contributed by atoms with Crippen molar-refractivity contribution >= 4 is 50.3 Å². The molecule has 0 saturated carbocycles. The number of benzene rings is 1. The van der Waals surface area contributed by atoms with Gasteiger partial charge in [-0.25, -0.2) is 0 Å². The Morgan fingerprint density at radius 1 is 1.07 bits per heavy atom. The van der Waals surface area contributed by atoms with E-state index < -0.39 is 36.1 Å². The van der Waals surface area contributed by atoms with Crippen LogP contribution in [-0.4, -0.2) is 28.8 Å². The summed E-state index contributed by atoms with van der Waals surface area (Å²) in [6.07, 6.45) is -12.8. The van der Waals surface area contributed by atoms with E-state index in [1.54, 1.807) is 18.2 Å². The van der Waals surface area contributed by atoms with Crippen LogP contribution < -0.4 is 5.01 Å². The molecule has 1 atom stereocenters. The van der Waals surface area contributed by atoms with E-state index in [0.29, 0.717) is 8.66 Å². The van der Waals surface area contributed by atoms with Crippen molar-refractivity contribution in [1.29, 1.82) is 0 Å². The highest BCUT2D eigenvalue weighted by Crippen LogP contribution is 2.50. The highest BCUT2D eigenvalue weighted by Gasteiger charge is 2.74. The average molecular weight is 508 g/mol. The molecule has 12 heteroatoms. The van der Waals surface area contributed by atoms with Gasteiger partial charge in [0, 0.05) is 11.3 Å². The van der Waals surface area contributed by atoms with Crippen LogP contribution in [-0.2, 0) is 0 Å². The third-order valence-electron chi connectivity index (χ3n) is 4.17. The number of alkyl halides is 6. The topological polar surface area (TPSA) is 35.8 Å². The van der Waals surface area contributed by atoms with Crippen molar-refractivity contribution in [2.45, 2.75) is 30.4 Å². The van der Waals surface area contributed by atoms with Crippen molar-refractivity contribution < 1.29 is 31.4 Å². The van der Waals surface area contributed by atoms with Crippen LogP contribution in [0.5, 0.6) is 0 Å². The zero-order valence-corrected chi connectivity index (χ0v) is 16.7. The molecular weight excluding hydrogens is 498 g/mol. The van der Waals surface area contributed by atoms with Gasteiger partial charge in [0.1, 0.15) is 0 Å². The third-order valence-corrected chi connectivity index (χ3v) is 6.21. The number of rotatable bonds is 3. The van der Waals surface area contributed by atoms with E-state index in [-0.39, 0.29) is 10.7 Å². The molecule has 1 aromatic heterocycles. The van der Waals surface area contributed by atoms with Gasteiger partial charge in [0.15, 0.2) is 0 Å². The van der Waals surface area contributed by atoms with Gasteiger partial charge in [-0.05, 0) is 40.2 Å². The smallest absolute Gasteiger partial charge is 0.369 e. The number of halogens is 8. The van der Waals surface area contributed by atoms with E-state index in [0.717, 1.165) is 16.3 Å². The van der Waals surface area contributed by atoms with Crippen LogP contribution >= 0.6 is 38.9 Å². The molecule has 1 N–H and O–H groups in total. The predicted octanol–water partition coefficient (Wildman–Crippen LogP) is 6.33. The lowest BCUT2D eigenvalue weighted by atomic mass is 9.91. The summed E-state index contributed by atoms with van der Waals surface area (Å²) < 4.78 is 80.4. The standard InChI is InChI=1S/C16H10BrClF6N2OS/c17-13-6-5-11(28-13)10-7-12(14(27,15(19,20)21)16(22,23)24)25-26(10)9-4-2-1-3-8(9)18/h1-6,10,27H,7H2. The van der Waals surface area contributed by atoms with E-state index in [1.807, 2.05) is 0 Å². The first-order chi connectivity index (χ1) is 12.9. The van der Waals surface area contributed by atoms with Gasteiger partial charge >= 0.3 is 12.4 Å². The van der Waals surface area contributed by atoms with Gasteiger partial charge in [-0.3, -0.25) is 5.01 Å². The zero-order chi connectivity index (χ0) is 20.9. The zero-order valence-electron chi connectivity index (χ0n) is 13.5. The first kappa shape index (κ1) is 21.4. The maximum absolute atomic E-state index is 13.3. The monoisotopic (exact) mass is 506 g/mol. The average Bonchev–Trinajstić information content (AvgIpc) is 3.18. The molecule has 1 aliphatic rings. The third kappa shape index (κ3) is 3.53. The summed E-state index contributed by atoms with van der Waals surface area (Å²) in [5.74, 6) is 0. The van der Waals surface area contributed by atoms with Crippen LogP contribution in [0.25, 0.3) is 0 Å². The second kappa shape index (κ2) is 7.19. The van der Waals surface area contributed by atoms with Crippen LogP contribution in [0, 0.1) is 0 Å². The Morgan fingerprint density at radius 3 is 2.18 bits per heavy atom. The summed E-state index contributed by atoms with van der Waals surface area (Å²) in [6, 6.07) is 8.11. The fourth-order valence-corrected chi connectivity index (χ4v) is 4.54. The number of thiophene rings is 1. The quantitative estimate of drug-likeness (QED) is 0.493. The van der Waals surface area contributed by atoms with E-state index >= 15 is 0 Å². The number of hydrazone groups is 1. The summed E-state index contributed by atoms with van der Waals surface area (Å²) in [5, 5.41) is 14.4. The van der Waals surface area contributed by atoms with Crippen molar-refractivity contribution in [3.8, 4) is 0 Å². The summed E-state index contributed by atoms with van der Waals surface area (Å²) in [4.78, 5) is 0.456. The lowest BCUT2D eigenvalue weighted by Crippen LogP contribution is -2.62. The molecule has 0 bridgehead atoms. The number of aliphatic hydroxyl groups is 1. The fraction of sp³-hybridized carbons (Fsp3) is 0.312. The number of hydrogen-bond acceptors (Lipinski definition) is 4. The number of para-hydroxylation sites is 1. The molecule has 0 aliphatic carbocycles. The van der Waals surface area contributed by atoms with Gasteiger partial charge in [0.25, 0.3) is 5.60 Å². The molecule has 2 aromatic rings. The number of anilines is 1. The number of hydrogen-bond donors (Lipinski definition) is 1. The minimum atomic E-state index is -6.00. The highest BCUT2D eigenvalue weighted by atomic mass is 79.9. The van der Waals surface area contributed by atoms with E-state index in [2.05, 4.69) is 21.0 Å². The Kier molecular flexibility index (Phi) is 5.50. The molecule has 152 valence electrons. The van der Waals surface area contributed by atoms with Crippen molar-refractivity contribution in [3.05, 3.63) is 50.1 Å². The first-order valence-corrected chi connectivity index (χ1v) is 9.58. The fourth-order valence-electron chi connectivity index (χ4n) is 2.81. The number of nitrogens with zero attached hydrogens (tertiary/aromatic N) is 2. The van der Waals surface area contributed by atoms with Crippen LogP contribution in [0.1, 0.15) is 17.3 Å². The Bertz CT molecular complexity index is 899. The van der Waals surface area contributed by atoms with E-state index in [9.17, 15) is 31.4 Å². The predicted molar refractivity (Wildman–Crippen MR) is 97.8 cm³/mol. The van der Waals surface area contributed by atoms with Crippen LogP contribution in [0.15, 0.2) is 45.3 Å². The Morgan fingerprint density at radius 2 is 1.68 bits per heavy atom. The lowest BCUT2D eigenvalue weighted by molar-refractivity contribution is -0.338. The van der Waals surface area contributed by atoms with Gasteiger partial charge in [-0.2, -0.15) is 31.4 Å². The largest absolute Gasteiger partial charge is 0.431 e. The summed E-state index contributed by atoms with van der Waals surface area (Å²) in [7, 11) is 0. The summed E-state index contributed by atoms with van der Waals surface area (Å²) in [6.45, 7) is 0. The molecule has 0 fully saturated rings. The molecular formula is C16H10BrClF6N2OS. The molecule has 3 rings (SSSR count). The van der Waals surface area contributed by atoms with Gasteiger partial charge in [-0.15, -0.1) is 11.3 Å². The molecule has 28 heavy (non-hydrogen) atoms. The minimum Gasteiger partial charge on any atom is -0.369 e. The first-order valence-electron chi connectivity index (χ1n) is 7.59. The normalized spacial score (nSPS) is 18.5. The highest BCUT2D eigenvalue weighted by molar-refractivity contribution is 9.11. The molecule has 0 saturated heterocycles. The maximum Gasteiger partial charge on any atom is 0.431 e. The van der Waals surface area contributed by atoms with Gasteiger partial charge in [0.2, 0.25) is 0 Å². The van der Waals surface area contributed by atoms with Crippen molar-refractivity contribution in [2.75, 3.05) is 5.01 Å². The molecule has 2 heterocycles. The molecule has 0 radical (unpaired) electrons. The van der Waals surface area contributed by atoms with Crippen LogP contribution in [0.3, 0.4) is 0 Å². The van der Waals surface area contributed by atoms with Crippen molar-refractivity contribution in [3.63, 3.8) is 0 Å². The van der Waals surface area contributed by atoms with Crippen molar-refractivity contribution in [1.82, 2.24) is 0 Å². The van der Waals surface area contributed by atoms with Gasteiger partial charge in [-0.1, -0.05) is 23.7 Å². The Labute approximate surface area is 172 Å². The molecule has 1 aromatic carbocycles. The molecule has 1 unspecified atom stereocenters. The Hall–Kier alpha value is -1.30. The minimum absolute atomic E-state index is 0.0932. The maximum atomic E-state index is 13.3. The molecule has 3 nitrogen and oxygen atoms in total. The van der Waals surface area contributed by atoms with Crippen LogP contribution in [0.2, 0.25) is 5.02 Å². The van der Waals surface area contributed by atoms with Gasteiger partial charge < -0.3 is 5.11 Å².